The van der Waals surface area contributed by atoms with Crippen molar-refractivity contribution in [2.24, 2.45) is 0 Å². The number of carbonyl (C=O) groups is 2. The third-order valence-corrected chi connectivity index (χ3v) is 2.44. The van der Waals surface area contributed by atoms with Gasteiger partial charge in [0, 0.05) is 5.02 Å². The number of unbranched alkanes of at least 4 members (excludes halogenated alkanes) is 1. The van der Waals surface area contributed by atoms with Gasteiger partial charge in [0.1, 0.15) is 5.75 Å². The van der Waals surface area contributed by atoms with Crippen molar-refractivity contribution in [3.8, 4) is 5.75 Å². The van der Waals surface area contributed by atoms with Crippen LogP contribution in [0.25, 0.3) is 0 Å². The number of carbonyl (C=O) groups excluding carboxylic acids is 2. The van der Waals surface area contributed by atoms with Crippen LogP contribution in [-0.4, -0.2) is 11.9 Å². The zero-order chi connectivity index (χ0) is 14.8. The van der Waals surface area contributed by atoms with Crippen LogP contribution in [0.3, 0.4) is 0 Å². The molecule has 0 bridgehead atoms. The Bertz CT molecular complexity index is 436. The molecule has 0 radical (unpaired) electrons. The number of rotatable bonds is 4. The summed E-state index contributed by atoms with van der Waals surface area (Å²) < 4.78 is 4.66. The molecule has 4 nitrogen and oxygen atoms in total. The summed E-state index contributed by atoms with van der Waals surface area (Å²) in [6.07, 6.45) is 1.82. The molecule has 0 aromatic heterocycles. The second-order valence-electron chi connectivity index (χ2n) is 3.60. The van der Waals surface area contributed by atoms with E-state index >= 15 is 0 Å². The van der Waals surface area contributed by atoms with E-state index in [1.807, 2.05) is 0 Å². The molecule has 0 heterocycles. The van der Waals surface area contributed by atoms with E-state index < -0.39 is 18.4 Å². The van der Waals surface area contributed by atoms with Gasteiger partial charge in [0.25, 0.3) is 0 Å². The maximum Gasteiger partial charge on any atom is 1.00 e. The third kappa shape index (κ3) is 10.5. The number of carboxylic acid groups (broad SMARTS) is 1. The number of aliphatic carboxylic acids is 1. The molecular weight excluding hydrogens is 314 g/mol. The second-order valence-corrected chi connectivity index (χ2v) is 4.44. The molecular formula is C13H15Cl2NaO4. The van der Waals surface area contributed by atoms with Crippen molar-refractivity contribution in [2.45, 2.75) is 33.1 Å². The van der Waals surface area contributed by atoms with Gasteiger partial charge >= 0.3 is 35.5 Å². The van der Waals surface area contributed by atoms with E-state index in [9.17, 15) is 14.7 Å². The Balaban J connectivity index is 0. The molecule has 0 saturated carbocycles. The largest absolute Gasteiger partial charge is 1.00 e. The van der Waals surface area contributed by atoms with Gasteiger partial charge in [0.05, 0.1) is 17.4 Å². The molecule has 106 valence electrons. The fourth-order valence-electron chi connectivity index (χ4n) is 0.835. The van der Waals surface area contributed by atoms with Crippen molar-refractivity contribution in [3.63, 3.8) is 0 Å². The summed E-state index contributed by atoms with van der Waals surface area (Å²) in [5, 5.41) is 10.6. The zero-order valence-corrected chi connectivity index (χ0v) is 15.3. The maximum atomic E-state index is 10.9. The number of hydrogen-bond donors (Lipinski definition) is 0. The average molecular weight is 329 g/mol. The van der Waals surface area contributed by atoms with E-state index in [4.69, 9.17) is 23.2 Å². The summed E-state index contributed by atoms with van der Waals surface area (Å²) in [7, 11) is 0. The van der Waals surface area contributed by atoms with Gasteiger partial charge in [-0.05, 0) is 18.2 Å². The molecule has 20 heavy (non-hydrogen) atoms. The van der Waals surface area contributed by atoms with Crippen LogP contribution in [0.15, 0.2) is 18.2 Å². The third-order valence-electron chi connectivity index (χ3n) is 1.91. The van der Waals surface area contributed by atoms with Crippen molar-refractivity contribution in [1.82, 2.24) is 0 Å². The van der Waals surface area contributed by atoms with Crippen molar-refractivity contribution in [2.75, 3.05) is 0 Å². The Morgan fingerprint density at radius 2 is 1.75 bits per heavy atom. The minimum Gasteiger partial charge on any atom is -0.550 e. The molecule has 0 unspecified atom stereocenters. The van der Waals surface area contributed by atoms with E-state index in [0.29, 0.717) is 5.02 Å². The zero-order valence-electron chi connectivity index (χ0n) is 11.7. The van der Waals surface area contributed by atoms with Gasteiger partial charge in [-0.1, -0.05) is 49.9 Å². The quantitative estimate of drug-likeness (QED) is 0.333. The monoisotopic (exact) mass is 328 g/mol. The molecule has 7 heteroatoms. The fraction of sp³-hybridized carbons (Fsp3) is 0.385. The predicted octanol–water partition coefficient (Wildman–Crippen LogP) is -0.151. The summed E-state index contributed by atoms with van der Waals surface area (Å²) in [6, 6.07) is 4.22. The molecule has 0 aliphatic heterocycles. The van der Waals surface area contributed by atoms with Crippen LogP contribution in [-0.2, 0) is 9.59 Å². The number of benzene rings is 1. The van der Waals surface area contributed by atoms with E-state index in [1.165, 1.54) is 31.0 Å². The molecule has 0 amide bonds. The first kappa shape index (κ1) is 22.0. The first-order valence-electron chi connectivity index (χ1n) is 5.76. The Labute approximate surface area is 150 Å². The molecule has 0 aliphatic carbocycles. The smallest absolute Gasteiger partial charge is 0.550 e. The van der Waals surface area contributed by atoms with Gasteiger partial charge in [-0.25, -0.2) is 0 Å². The maximum absolute atomic E-state index is 10.9. The van der Waals surface area contributed by atoms with Crippen LogP contribution < -0.4 is 39.4 Å². The molecule has 1 aromatic carbocycles. The van der Waals surface area contributed by atoms with E-state index in [0.717, 1.165) is 0 Å². The van der Waals surface area contributed by atoms with Crippen LogP contribution in [0.2, 0.25) is 10.0 Å². The van der Waals surface area contributed by atoms with Gasteiger partial charge in [0.2, 0.25) is 0 Å². The van der Waals surface area contributed by atoms with Gasteiger partial charge in [-0.15, -0.1) is 0 Å². The summed E-state index contributed by atoms with van der Waals surface area (Å²) in [5.74, 6) is -2.39. The second kappa shape index (κ2) is 12.5. The Morgan fingerprint density at radius 3 is 2.15 bits per heavy atom. The van der Waals surface area contributed by atoms with Gasteiger partial charge in [-0.3, -0.25) is 4.79 Å². The van der Waals surface area contributed by atoms with Crippen LogP contribution in [0.5, 0.6) is 5.75 Å². The first-order valence-corrected chi connectivity index (χ1v) is 6.51. The molecule has 1 rings (SSSR count). The molecule has 0 fully saturated rings. The number of ether oxygens (including phenoxy) is 1. The van der Waals surface area contributed by atoms with E-state index in [-0.39, 0.29) is 40.3 Å². The Hall–Kier alpha value is -0.260. The summed E-state index contributed by atoms with van der Waals surface area (Å²) in [6.45, 7) is 4.36. The standard InChI is InChI=1S/C9H6Cl2O4.C4H10.Na/c10-5-1-2-7(6(11)3-5)15-9(14)4-8(12)13;1-3-4-2;/h1-3H,4H2,(H,12,13);3-4H2,1-2H3;/q;;+1/p-1. The Morgan fingerprint density at radius 1 is 1.20 bits per heavy atom. The van der Waals surface area contributed by atoms with Crippen LogP contribution >= 0.6 is 23.2 Å². The predicted molar refractivity (Wildman–Crippen MR) is 72.3 cm³/mol. The van der Waals surface area contributed by atoms with Crippen molar-refractivity contribution >= 4 is 35.1 Å². The number of halogens is 2. The fourth-order valence-corrected chi connectivity index (χ4v) is 1.28. The van der Waals surface area contributed by atoms with E-state index in [2.05, 4.69) is 18.6 Å². The number of esters is 1. The first-order chi connectivity index (χ1) is 8.90. The van der Waals surface area contributed by atoms with Crippen molar-refractivity contribution in [1.29, 1.82) is 0 Å². The normalized spacial score (nSPS) is 8.80. The van der Waals surface area contributed by atoms with E-state index in [1.54, 1.807) is 0 Å². The average Bonchev–Trinajstić information content (AvgIpc) is 2.32. The molecule has 0 N–H and O–H groups in total. The van der Waals surface area contributed by atoms with Crippen LogP contribution in [0, 0.1) is 0 Å². The molecule has 0 atom stereocenters. The van der Waals surface area contributed by atoms with Gasteiger partial charge < -0.3 is 14.6 Å². The SMILES string of the molecule is CCCC.O=C([O-])CC(=O)Oc1ccc(Cl)cc1Cl.[Na+]. The number of carboxylic acids is 1. The summed E-state index contributed by atoms with van der Waals surface area (Å²) in [5.41, 5.74) is 0. The van der Waals surface area contributed by atoms with Crippen LogP contribution in [0.1, 0.15) is 33.1 Å². The van der Waals surface area contributed by atoms with Crippen molar-refractivity contribution < 1.29 is 49.0 Å². The van der Waals surface area contributed by atoms with Crippen molar-refractivity contribution in [3.05, 3.63) is 28.2 Å². The Kier molecular flexibility index (Phi) is 13.7. The minimum absolute atomic E-state index is 0. The molecule has 0 saturated heterocycles. The number of hydrogen-bond acceptors (Lipinski definition) is 4. The topological polar surface area (TPSA) is 66.4 Å². The molecule has 0 spiro atoms. The summed E-state index contributed by atoms with van der Waals surface area (Å²) in [4.78, 5) is 21.0. The molecule has 0 aliphatic rings. The summed E-state index contributed by atoms with van der Waals surface area (Å²) >= 11 is 11.3. The van der Waals surface area contributed by atoms with Crippen LogP contribution in [0.4, 0.5) is 0 Å². The van der Waals surface area contributed by atoms with Gasteiger partial charge in [0.15, 0.2) is 0 Å². The van der Waals surface area contributed by atoms with Gasteiger partial charge in [-0.2, -0.15) is 0 Å². The molecule has 1 aromatic rings. The minimum atomic E-state index is -1.51.